The van der Waals surface area contributed by atoms with Crippen LogP contribution in [0.3, 0.4) is 0 Å². The van der Waals surface area contributed by atoms with E-state index in [1.165, 1.54) is 28.8 Å². The first-order chi connectivity index (χ1) is 18.3. The van der Waals surface area contributed by atoms with E-state index in [4.69, 9.17) is 18.9 Å². The molecule has 4 unspecified atom stereocenters. The molecule has 2 bridgehead atoms. The summed E-state index contributed by atoms with van der Waals surface area (Å²) in [7, 11) is 0. The van der Waals surface area contributed by atoms with Crippen LogP contribution < -0.4 is 9.47 Å². The highest BCUT2D eigenvalue weighted by molar-refractivity contribution is 5.99. The third kappa shape index (κ3) is 5.18. The molecule has 0 saturated heterocycles. The number of carbonyl (C=O) groups is 2. The lowest BCUT2D eigenvalue weighted by Gasteiger charge is -2.31. The minimum Gasteiger partial charge on any atom is -0.489 e. The molecular weight excluding hydrogens is 480 g/mol. The van der Waals surface area contributed by atoms with Gasteiger partial charge >= 0.3 is 11.9 Å². The number of rotatable bonds is 13. The highest BCUT2D eigenvalue weighted by Gasteiger charge is 2.50. The maximum absolute atomic E-state index is 11.9. The molecular formula is C32H40O6. The van der Waals surface area contributed by atoms with Crippen LogP contribution in [0.5, 0.6) is 11.5 Å². The van der Waals surface area contributed by atoms with Crippen LogP contribution in [0.4, 0.5) is 0 Å². The molecule has 2 aromatic carbocycles. The summed E-state index contributed by atoms with van der Waals surface area (Å²) in [5.74, 6) is 1.27. The highest BCUT2D eigenvalue weighted by Crippen LogP contribution is 2.64. The maximum atomic E-state index is 11.9. The average Bonchev–Trinajstić information content (AvgIpc) is 3.47. The predicted molar refractivity (Wildman–Crippen MR) is 149 cm³/mol. The summed E-state index contributed by atoms with van der Waals surface area (Å²) in [6.45, 7) is 16.0. The van der Waals surface area contributed by atoms with E-state index < -0.39 is 11.9 Å². The van der Waals surface area contributed by atoms with E-state index in [-0.39, 0.29) is 30.8 Å². The molecule has 0 N–H and O–H groups in total. The van der Waals surface area contributed by atoms with E-state index in [1.54, 1.807) is 0 Å². The third-order valence-corrected chi connectivity index (χ3v) is 8.13. The molecule has 2 aliphatic carbocycles. The molecule has 6 heteroatoms. The lowest BCUT2D eigenvalue weighted by Crippen LogP contribution is -2.26. The number of esters is 2. The Morgan fingerprint density at radius 1 is 1.00 bits per heavy atom. The SMILES string of the molecule is C=CC(=O)OC(CC)COc1c2c(c(OCC(CC)OC(=O)C=C)c3c(CC)cccc13)C1CCC2(C)C1. The number of hydrogen-bond donors (Lipinski definition) is 0. The molecule has 0 radical (unpaired) electrons. The van der Waals surface area contributed by atoms with Gasteiger partial charge in [-0.2, -0.15) is 0 Å². The van der Waals surface area contributed by atoms with Crippen molar-refractivity contribution >= 4 is 22.7 Å². The van der Waals surface area contributed by atoms with Gasteiger partial charge in [0.1, 0.15) is 36.9 Å². The zero-order valence-electron chi connectivity index (χ0n) is 23.1. The highest BCUT2D eigenvalue weighted by atomic mass is 16.6. The molecule has 1 saturated carbocycles. The molecule has 0 heterocycles. The smallest absolute Gasteiger partial charge is 0.330 e. The Hall–Kier alpha value is -3.28. The van der Waals surface area contributed by atoms with Crippen molar-refractivity contribution in [2.24, 2.45) is 0 Å². The largest absolute Gasteiger partial charge is 0.489 e. The van der Waals surface area contributed by atoms with E-state index in [9.17, 15) is 9.59 Å². The van der Waals surface area contributed by atoms with E-state index in [0.29, 0.717) is 18.8 Å². The van der Waals surface area contributed by atoms with Crippen LogP contribution in [-0.4, -0.2) is 37.4 Å². The molecule has 0 aromatic heterocycles. The van der Waals surface area contributed by atoms with Gasteiger partial charge < -0.3 is 18.9 Å². The average molecular weight is 521 g/mol. The van der Waals surface area contributed by atoms with Crippen LogP contribution in [0.2, 0.25) is 0 Å². The zero-order valence-corrected chi connectivity index (χ0v) is 23.1. The summed E-state index contributed by atoms with van der Waals surface area (Å²) in [5.41, 5.74) is 3.61. The Kier molecular flexibility index (Phi) is 8.49. The van der Waals surface area contributed by atoms with E-state index in [2.05, 4.69) is 45.2 Å². The van der Waals surface area contributed by atoms with Gasteiger partial charge in [-0.15, -0.1) is 0 Å². The van der Waals surface area contributed by atoms with Crippen molar-refractivity contribution in [2.45, 2.75) is 89.8 Å². The van der Waals surface area contributed by atoms with Crippen LogP contribution in [0, 0.1) is 0 Å². The van der Waals surface area contributed by atoms with Crippen molar-refractivity contribution < 1.29 is 28.5 Å². The monoisotopic (exact) mass is 520 g/mol. The van der Waals surface area contributed by atoms with Crippen molar-refractivity contribution in [1.82, 2.24) is 0 Å². The van der Waals surface area contributed by atoms with Crippen molar-refractivity contribution in [1.29, 1.82) is 0 Å². The number of aryl methyl sites for hydroxylation is 1. The molecule has 2 aliphatic rings. The van der Waals surface area contributed by atoms with Gasteiger partial charge in [-0.05, 0) is 55.4 Å². The minimum atomic E-state index is -0.443. The molecule has 0 aliphatic heterocycles. The topological polar surface area (TPSA) is 71.1 Å². The van der Waals surface area contributed by atoms with Crippen LogP contribution in [0.1, 0.15) is 82.4 Å². The quantitative estimate of drug-likeness (QED) is 0.216. The van der Waals surface area contributed by atoms with Crippen LogP contribution in [0.25, 0.3) is 10.8 Å². The lowest BCUT2D eigenvalue weighted by atomic mass is 9.78. The Balaban J connectivity index is 1.82. The second-order valence-electron chi connectivity index (χ2n) is 10.6. The van der Waals surface area contributed by atoms with Crippen LogP contribution >= 0.6 is 0 Å². The van der Waals surface area contributed by atoms with E-state index in [0.717, 1.165) is 48.0 Å². The van der Waals surface area contributed by atoms with Crippen molar-refractivity contribution in [2.75, 3.05) is 13.2 Å². The first-order valence-electron chi connectivity index (χ1n) is 13.8. The fraction of sp³-hybridized carbons (Fsp3) is 0.500. The van der Waals surface area contributed by atoms with E-state index >= 15 is 0 Å². The van der Waals surface area contributed by atoms with Gasteiger partial charge in [0.2, 0.25) is 0 Å². The third-order valence-electron chi connectivity index (χ3n) is 8.13. The Morgan fingerprint density at radius 2 is 1.61 bits per heavy atom. The molecule has 2 aromatic rings. The van der Waals surface area contributed by atoms with E-state index in [1.807, 2.05) is 13.8 Å². The number of hydrogen-bond acceptors (Lipinski definition) is 6. The summed E-state index contributed by atoms with van der Waals surface area (Å²) in [6, 6.07) is 6.30. The van der Waals surface area contributed by atoms with Crippen LogP contribution in [0.15, 0.2) is 43.5 Å². The first kappa shape index (κ1) is 27.7. The Morgan fingerprint density at radius 3 is 2.16 bits per heavy atom. The Bertz CT molecular complexity index is 1230. The first-order valence-corrected chi connectivity index (χ1v) is 13.8. The van der Waals surface area contributed by atoms with Crippen molar-refractivity contribution in [3.63, 3.8) is 0 Å². The minimum absolute atomic E-state index is 0.0111. The molecule has 1 fully saturated rings. The number of carbonyl (C=O) groups excluding carboxylic acids is 2. The molecule has 0 amide bonds. The summed E-state index contributed by atoms with van der Waals surface area (Å²) in [5, 5.41) is 2.06. The summed E-state index contributed by atoms with van der Waals surface area (Å²) in [6.07, 6.45) is 7.02. The second-order valence-corrected chi connectivity index (χ2v) is 10.6. The van der Waals surface area contributed by atoms with Gasteiger partial charge in [-0.3, -0.25) is 0 Å². The summed E-state index contributed by atoms with van der Waals surface area (Å²) in [4.78, 5) is 23.7. The lowest BCUT2D eigenvalue weighted by molar-refractivity contribution is -0.145. The van der Waals surface area contributed by atoms with Crippen LogP contribution in [-0.2, 0) is 30.9 Å². The normalized spacial score (nSPS) is 20.9. The van der Waals surface area contributed by atoms with Crippen molar-refractivity contribution in [3.8, 4) is 11.5 Å². The predicted octanol–water partition coefficient (Wildman–Crippen LogP) is 6.71. The molecule has 204 valence electrons. The number of benzene rings is 2. The fourth-order valence-electron chi connectivity index (χ4n) is 6.11. The van der Waals surface area contributed by atoms with Gasteiger partial charge in [0.05, 0.1) is 0 Å². The maximum Gasteiger partial charge on any atom is 0.330 e. The molecule has 6 nitrogen and oxygen atoms in total. The molecule has 0 spiro atoms. The van der Waals surface area contributed by atoms with Gasteiger partial charge in [0, 0.05) is 34.1 Å². The zero-order chi connectivity index (χ0) is 27.4. The van der Waals surface area contributed by atoms with Gasteiger partial charge in [0.25, 0.3) is 0 Å². The number of ether oxygens (including phenoxy) is 4. The summed E-state index contributed by atoms with van der Waals surface area (Å²) >= 11 is 0. The van der Waals surface area contributed by atoms with Crippen molar-refractivity contribution in [3.05, 3.63) is 60.2 Å². The summed E-state index contributed by atoms with van der Waals surface area (Å²) < 4.78 is 24.3. The van der Waals surface area contributed by atoms with Gasteiger partial charge in [-0.1, -0.05) is 59.1 Å². The fourth-order valence-corrected chi connectivity index (χ4v) is 6.11. The molecule has 4 atom stereocenters. The van der Waals surface area contributed by atoms with Gasteiger partial charge in [0.15, 0.2) is 0 Å². The van der Waals surface area contributed by atoms with Gasteiger partial charge in [-0.25, -0.2) is 9.59 Å². The molecule has 38 heavy (non-hydrogen) atoms. The Labute approximate surface area is 226 Å². The molecule has 4 rings (SSSR count). The standard InChI is InChI=1S/C32H40O6/c1-7-20-13-12-14-24-27(20)31(36-19-23(9-3)38-26(34)11-5)28-21-15-16-32(6,17-21)29(28)30(24)35-18-22(8-2)37-25(33)10-4/h10-14,21-23H,4-5,7-9,15-19H2,1-3,6H3. The number of fused-ring (bicyclic) bond motifs is 6. The second kappa shape index (κ2) is 11.6.